The average molecular weight is 440 g/mol. The summed E-state index contributed by atoms with van der Waals surface area (Å²) in [6.45, 7) is 4.93. The van der Waals surface area contributed by atoms with E-state index in [4.69, 9.17) is 9.47 Å². The van der Waals surface area contributed by atoms with E-state index in [9.17, 15) is 19.5 Å². The van der Waals surface area contributed by atoms with Gasteiger partial charge in [-0.2, -0.15) is 0 Å². The van der Waals surface area contributed by atoms with Gasteiger partial charge in [0.15, 0.2) is 0 Å². The summed E-state index contributed by atoms with van der Waals surface area (Å²) in [5.41, 5.74) is 3.59. The maximum absolute atomic E-state index is 12.4. The molecular formula is C24H28N2O6. The molecule has 1 atom stereocenters. The van der Waals surface area contributed by atoms with Gasteiger partial charge in [-0.15, -0.1) is 0 Å². The van der Waals surface area contributed by atoms with E-state index in [-0.39, 0.29) is 19.1 Å². The highest BCUT2D eigenvalue weighted by Crippen LogP contribution is 2.44. The minimum Gasteiger partial charge on any atom is -0.480 e. The molecule has 8 nitrogen and oxygen atoms in total. The van der Waals surface area contributed by atoms with Crippen molar-refractivity contribution in [3.05, 3.63) is 59.7 Å². The van der Waals surface area contributed by atoms with Gasteiger partial charge in [0.25, 0.3) is 0 Å². The number of carboxylic acids is 1. The number of carbonyl (C=O) groups excluding carboxylic acids is 2. The van der Waals surface area contributed by atoms with Gasteiger partial charge < -0.3 is 24.8 Å². The number of nitrogens with zero attached hydrogens (tertiary/aromatic N) is 1. The van der Waals surface area contributed by atoms with Crippen LogP contribution in [0.4, 0.5) is 9.59 Å². The van der Waals surface area contributed by atoms with Crippen LogP contribution < -0.4 is 5.32 Å². The minimum absolute atomic E-state index is 0.0636. The maximum atomic E-state index is 12.4. The Morgan fingerprint density at radius 3 is 2.06 bits per heavy atom. The number of hydrogen-bond acceptors (Lipinski definition) is 5. The number of fused-ring (bicyclic) bond motifs is 3. The van der Waals surface area contributed by atoms with Crippen molar-refractivity contribution in [3.63, 3.8) is 0 Å². The second-order valence-corrected chi connectivity index (χ2v) is 8.72. The zero-order chi connectivity index (χ0) is 23.5. The number of ether oxygens (including phenoxy) is 2. The number of rotatable bonds is 6. The average Bonchev–Trinajstić information content (AvgIpc) is 3.04. The highest BCUT2D eigenvalue weighted by molar-refractivity contribution is 5.81. The molecule has 32 heavy (non-hydrogen) atoms. The number of nitrogens with one attached hydrogen (secondary N) is 1. The molecular weight excluding hydrogens is 412 g/mol. The van der Waals surface area contributed by atoms with Crippen molar-refractivity contribution >= 4 is 18.2 Å². The Bertz CT molecular complexity index is 968. The Balaban J connectivity index is 1.62. The molecule has 0 radical (unpaired) electrons. The molecule has 0 spiro atoms. The summed E-state index contributed by atoms with van der Waals surface area (Å²) >= 11 is 0. The van der Waals surface area contributed by atoms with Crippen LogP contribution in [0.1, 0.15) is 37.8 Å². The maximum Gasteiger partial charge on any atom is 0.410 e. The molecule has 1 aliphatic carbocycles. The summed E-state index contributed by atoms with van der Waals surface area (Å²) in [4.78, 5) is 37.2. The molecule has 0 fully saturated rings. The van der Waals surface area contributed by atoms with Gasteiger partial charge in [0.1, 0.15) is 18.2 Å². The molecule has 170 valence electrons. The first-order chi connectivity index (χ1) is 15.1. The second kappa shape index (κ2) is 9.30. The quantitative estimate of drug-likeness (QED) is 0.707. The number of alkyl carbamates (subject to hydrolysis) is 1. The Morgan fingerprint density at radius 2 is 1.56 bits per heavy atom. The van der Waals surface area contributed by atoms with Crippen LogP contribution in [0.5, 0.6) is 0 Å². The minimum atomic E-state index is -1.34. The lowest BCUT2D eigenvalue weighted by Gasteiger charge is -2.26. The number of amides is 2. The first-order valence-electron chi connectivity index (χ1n) is 10.3. The van der Waals surface area contributed by atoms with Crippen molar-refractivity contribution in [1.29, 1.82) is 0 Å². The normalized spacial score (nSPS) is 13.5. The van der Waals surface area contributed by atoms with E-state index in [1.165, 1.54) is 7.05 Å². The van der Waals surface area contributed by atoms with Gasteiger partial charge in [-0.05, 0) is 43.0 Å². The van der Waals surface area contributed by atoms with E-state index in [0.717, 1.165) is 27.2 Å². The van der Waals surface area contributed by atoms with Crippen molar-refractivity contribution in [3.8, 4) is 11.1 Å². The predicted molar refractivity (Wildman–Crippen MR) is 118 cm³/mol. The zero-order valence-electron chi connectivity index (χ0n) is 18.6. The first kappa shape index (κ1) is 23.1. The zero-order valence-corrected chi connectivity index (χ0v) is 18.6. The number of benzene rings is 2. The van der Waals surface area contributed by atoms with Crippen molar-refractivity contribution < 1.29 is 29.0 Å². The summed E-state index contributed by atoms with van der Waals surface area (Å²) in [5, 5.41) is 11.8. The van der Waals surface area contributed by atoms with Crippen LogP contribution in [-0.2, 0) is 14.3 Å². The molecule has 0 aliphatic heterocycles. The Hall–Kier alpha value is -3.55. The molecule has 3 rings (SSSR count). The van der Waals surface area contributed by atoms with E-state index in [2.05, 4.69) is 5.32 Å². The molecule has 0 saturated heterocycles. The topological polar surface area (TPSA) is 105 Å². The van der Waals surface area contributed by atoms with Crippen molar-refractivity contribution in [2.75, 3.05) is 20.2 Å². The van der Waals surface area contributed by atoms with Gasteiger partial charge in [0.2, 0.25) is 0 Å². The van der Waals surface area contributed by atoms with Crippen LogP contribution in [0, 0.1) is 0 Å². The number of carbonyl (C=O) groups is 3. The molecule has 2 aromatic carbocycles. The van der Waals surface area contributed by atoms with Crippen LogP contribution in [0.15, 0.2) is 48.5 Å². The Labute approximate surface area is 187 Å². The van der Waals surface area contributed by atoms with Gasteiger partial charge >= 0.3 is 18.2 Å². The van der Waals surface area contributed by atoms with Crippen LogP contribution in [-0.4, -0.2) is 60.0 Å². The lowest BCUT2D eigenvalue weighted by molar-refractivity contribution is -0.139. The highest BCUT2D eigenvalue weighted by Gasteiger charge is 2.30. The van der Waals surface area contributed by atoms with Crippen LogP contribution in [0.3, 0.4) is 0 Å². The van der Waals surface area contributed by atoms with Crippen molar-refractivity contribution in [2.24, 2.45) is 0 Å². The second-order valence-electron chi connectivity index (χ2n) is 8.72. The fraction of sp³-hybridized carbons (Fsp3) is 0.375. The van der Waals surface area contributed by atoms with Gasteiger partial charge in [-0.25, -0.2) is 14.4 Å². The lowest BCUT2D eigenvalue weighted by Crippen LogP contribution is -2.49. The molecule has 0 heterocycles. The van der Waals surface area contributed by atoms with E-state index in [0.29, 0.717) is 0 Å². The monoisotopic (exact) mass is 440 g/mol. The third-order valence-electron chi connectivity index (χ3n) is 5.10. The molecule has 2 N–H and O–H groups in total. The highest BCUT2D eigenvalue weighted by atomic mass is 16.6. The van der Waals surface area contributed by atoms with Crippen LogP contribution in [0.2, 0.25) is 0 Å². The standard InChI is InChI=1S/C24H28N2O6/c1-24(2,3)32-23(30)26(4)13-20(21(27)28)25-22(29)31-14-19-17-11-7-5-9-15(17)16-10-6-8-12-18(16)19/h5-12,19-20H,13-14H2,1-4H3,(H,25,29)(H,27,28)/t20-/m0/s1. The Morgan fingerprint density at radius 1 is 1.03 bits per heavy atom. The molecule has 0 bridgehead atoms. The van der Waals surface area contributed by atoms with Crippen molar-refractivity contribution in [2.45, 2.75) is 38.3 Å². The van der Waals surface area contributed by atoms with Gasteiger partial charge in [-0.3, -0.25) is 0 Å². The predicted octanol–water partition coefficient (Wildman–Crippen LogP) is 3.85. The first-order valence-corrected chi connectivity index (χ1v) is 10.3. The molecule has 2 amide bonds. The molecule has 0 aromatic heterocycles. The molecule has 0 saturated carbocycles. The molecule has 1 aliphatic rings. The summed E-state index contributed by atoms with van der Waals surface area (Å²) in [5.74, 6) is -1.42. The van der Waals surface area contributed by atoms with E-state index < -0.39 is 29.8 Å². The van der Waals surface area contributed by atoms with Crippen molar-refractivity contribution in [1.82, 2.24) is 10.2 Å². The van der Waals surface area contributed by atoms with E-state index in [1.54, 1.807) is 20.8 Å². The summed E-state index contributed by atoms with van der Waals surface area (Å²) in [6.07, 6.45) is -1.55. The number of aliphatic carboxylic acids is 1. The van der Waals surface area contributed by atoms with E-state index in [1.807, 2.05) is 48.5 Å². The smallest absolute Gasteiger partial charge is 0.410 e. The van der Waals surface area contributed by atoms with Gasteiger partial charge in [0.05, 0.1) is 6.54 Å². The number of hydrogen-bond donors (Lipinski definition) is 2. The van der Waals surface area contributed by atoms with Crippen LogP contribution >= 0.6 is 0 Å². The SMILES string of the molecule is CN(C[C@H](NC(=O)OCC1c2ccccc2-c2ccccc21)C(=O)O)C(=O)OC(C)(C)C. The number of likely N-dealkylation sites (N-methyl/N-ethyl adjacent to an activating group) is 1. The van der Waals surface area contributed by atoms with Gasteiger partial charge in [-0.1, -0.05) is 48.5 Å². The summed E-state index contributed by atoms with van der Waals surface area (Å²) in [7, 11) is 1.41. The largest absolute Gasteiger partial charge is 0.480 e. The Kier molecular flexibility index (Phi) is 6.72. The third-order valence-corrected chi connectivity index (χ3v) is 5.10. The summed E-state index contributed by atoms with van der Waals surface area (Å²) < 4.78 is 10.6. The third kappa shape index (κ3) is 5.38. The summed E-state index contributed by atoms with van der Waals surface area (Å²) in [6, 6.07) is 14.5. The molecule has 2 aromatic rings. The molecule has 8 heteroatoms. The van der Waals surface area contributed by atoms with E-state index >= 15 is 0 Å². The number of carboxylic acid groups (broad SMARTS) is 1. The molecule has 0 unspecified atom stereocenters. The fourth-order valence-corrected chi connectivity index (χ4v) is 3.66. The van der Waals surface area contributed by atoms with Gasteiger partial charge in [0, 0.05) is 13.0 Å². The fourth-order valence-electron chi connectivity index (χ4n) is 3.66. The van der Waals surface area contributed by atoms with Crippen LogP contribution in [0.25, 0.3) is 11.1 Å². The lowest BCUT2D eigenvalue weighted by atomic mass is 9.98.